The average Bonchev–Trinajstić information content (AvgIpc) is 2.87. The summed E-state index contributed by atoms with van der Waals surface area (Å²) in [4.78, 5) is 12.1. The van der Waals surface area contributed by atoms with E-state index in [0.717, 1.165) is 17.5 Å². The number of aryl methyl sites for hydroxylation is 2. The molecule has 0 bridgehead atoms. The van der Waals surface area contributed by atoms with Crippen molar-refractivity contribution in [3.8, 4) is 0 Å². The van der Waals surface area contributed by atoms with Gasteiger partial charge in [0.05, 0.1) is 18.3 Å². The maximum atomic E-state index is 12.1. The van der Waals surface area contributed by atoms with Crippen LogP contribution in [0.1, 0.15) is 23.6 Å². The van der Waals surface area contributed by atoms with E-state index in [0.29, 0.717) is 12.2 Å². The number of urea groups is 1. The molecule has 0 fully saturated rings. The SMILES string of the molecule is Cn1nncc1NC(=O)N[C@@H]1c2ccccc2CC[C@@H]1O. The molecule has 0 saturated heterocycles. The van der Waals surface area contributed by atoms with E-state index in [4.69, 9.17) is 0 Å². The third-order valence-corrected chi connectivity index (χ3v) is 3.73. The monoisotopic (exact) mass is 287 g/mol. The number of carbonyl (C=O) groups is 1. The van der Waals surface area contributed by atoms with Crippen molar-refractivity contribution in [2.24, 2.45) is 7.05 Å². The van der Waals surface area contributed by atoms with Crippen LogP contribution >= 0.6 is 0 Å². The molecule has 0 spiro atoms. The van der Waals surface area contributed by atoms with Crippen molar-refractivity contribution in [1.82, 2.24) is 20.3 Å². The van der Waals surface area contributed by atoms with Gasteiger partial charge in [-0.25, -0.2) is 9.48 Å². The zero-order valence-corrected chi connectivity index (χ0v) is 11.7. The van der Waals surface area contributed by atoms with Crippen LogP contribution in [-0.4, -0.2) is 32.2 Å². The number of nitrogens with one attached hydrogen (secondary N) is 2. The van der Waals surface area contributed by atoms with E-state index in [-0.39, 0.29) is 6.03 Å². The third-order valence-electron chi connectivity index (χ3n) is 3.73. The molecule has 1 aliphatic carbocycles. The van der Waals surface area contributed by atoms with Crippen LogP contribution in [0.2, 0.25) is 0 Å². The molecule has 0 aliphatic heterocycles. The molecule has 1 aliphatic rings. The van der Waals surface area contributed by atoms with Gasteiger partial charge in [0.1, 0.15) is 0 Å². The van der Waals surface area contributed by atoms with E-state index < -0.39 is 12.1 Å². The Bertz CT molecular complexity index is 654. The summed E-state index contributed by atoms with van der Waals surface area (Å²) in [6, 6.07) is 7.05. The molecule has 21 heavy (non-hydrogen) atoms. The molecule has 3 N–H and O–H groups in total. The quantitative estimate of drug-likeness (QED) is 0.768. The number of carbonyl (C=O) groups excluding carboxylic acids is 1. The first kappa shape index (κ1) is 13.6. The minimum Gasteiger partial charge on any atom is -0.391 e. The molecule has 1 aromatic carbocycles. The smallest absolute Gasteiger partial charge is 0.321 e. The number of aliphatic hydroxyl groups excluding tert-OH is 1. The molecule has 2 amide bonds. The number of benzene rings is 1. The molecule has 3 rings (SSSR count). The standard InChI is InChI=1S/C14H17N5O2/c1-19-12(8-15-18-19)16-14(21)17-13-10-5-3-2-4-9(10)6-7-11(13)20/h2-5,8,11,13,20H,6-7H2,1H3,(H2,16,17,21)/t11-,13+/m0/s1. The Labute approximate surface area is 122 Å². The molecule has 0 radical (unpaired) electrons. The second-order valence-corrected chi connectivity index (χ2v) is 5.12. The highest BCUT2D eigenvalue weighted by Crippen LogP contribution is 2.29. The number of anilines is 1. The molecule has 7 heteroatoms. The van der Waals surface area contributed by atoms with E-state index in [1.54, 1.807) is 7.05 Å². The van der Waals surface area contributed by atoms with E-state index in [1.807, 2.05) is 24.3 Å². The molecule has 7 nitrogen and oxygen atoms in total. The lowest BCUT2D eigenvalue weighted by Gasteiger charge is -2.30. The molecule has 2 atom stereocenters. The summed E-state index contributed by atoms with van der Waals surface area (Å²) in [5.41, 5.74) is 2.13. The summed E-state index contributed by atoms with van der Waals surface area (Å²) in [5.74, 6) is 0.492. The molecule has 1 aromatic heterocycles. The average molecular weight is 287 g/mol. The first-order valence-corrected chi connectivity index (χ1v) is 6.83. The Kier molecular flexibility index (Phi) is 3.57. The number of hydrogen-bond acceptors (Lipinski definition) is 4. The zero-order valence-electron chi connectivity index (χ0n) is 11.7. The van der Waals surface area contributed by atoms with Gasteiger partial charge >= 0.3 is 6.03 Å². The van der Waals surface area contributed by atoms with Gasteiger partial charge in [-0.2, -0.15) is 0 Å². The molecular formula is C14H17N5O2. The Hall–Kier alpha value is -2.41. The lowest BCUT2D eigenvalue weighted by atomic mass is 9.86. The van der Waals surface area contributed by atoms with Crippen LogP contribution in [0.5, 0.6) is 0 Å². The number of aromatic nitrogens is 3. The number of rotatable bonds is 2. The molecular weight excluding hydrogens is 270 g/mol. The van der Waals surface area contributed by atoms with Crippen LogP contribution in [0.3, 0.4) is 0 Å². The maximum Gasteiger partial charge on any atom is 0.321 e. The Morgan fingerprint density at radius 3 is 3.00 bits per heavy atom. The third kappa shape index (κ3) is 2.73. The van der Waals surface area contributed by atoms with Gasteiger partial charge in [0, 0.05) is 7.05 Å². The number of fused-ring (bicyclic) bond motifs is 1. The second-order valence-electron chi connectivity index (χ2n) is 5.12. The van der Waals surface area contributed by atoms with Crippen molar-refractivity contribution >= 4 is 11.8 Å². The van der Waals surface area contributed by atoms with Crippen LogP contribution in [-0.2, 0) is 13.5 Å². The van der Waals surface area contributed by atoms with Crippen LogP contribution in [0.4, 0.5) is 10.6 Å². The summed E-state index contributed by atoms with van der Waals surface area (Å²) in [5, 5.41) is 23.1. The fourth-order valence-corrected chi connectivity index (χ4v) is 2.61. The molecule has 0 saturated carbocycles. The summed E-state index contributed by atoms with van der Waals surface area (Å²) in [7, 11) is 1.69. The van der Waals surface area contributed by atoms with Crippen molar-refractivity contribution < 1.29 is 9.90 Å². The van der Waals surface area contributed by atoms with Crippen molar-refractivity contribution in [3.05, 3.63) is 41.6 Å². The fourth-order valence-electron chi connectivity index (χ4n) is 2.61. The minimum atomic E-state index is -0.588. The van der Waals surface area contributed by atoms with E-state index in [9.17, 15) is 9.90 Å². The van der Waals surface area contributed by atoms with Crippen LogP contribution in [0, 0.1) is 0 Å². The highest BCUT2D eigenvalue weighted by molar-refractivity contribution is 5.88. The summed E-state index contributed by atoms with van der Waals surface area (Å²) < 4.78 is 1.46. The molecule has 2 aromatic rings. The van der Waals surface area contributed by atoms with E-state index >= 15 is 0 Å². The van der Waals surface area contributed by atoms with Crippen LogP contribution < -0.4 is 10.6 Å². The predicted octanol–water partition coefficient (Wildman–Crippen LogP) is 0.985. The lowest BCUT2D eigenvalue weighted by molar-refractivity contribution is 0.114. The van der Waals surface area contributed by atoms with Crippen molar-refractivity contribution in [3.63, 3.8) is 0 Å². The summed E-state index contributed by atoms with van der Waals surface area (Å²) >= 11 is 0. The van der Waals surface area contributed by atoms with Gasteiger partial charge < -0.3 is 10.4 Å². The highest BCUT2D eigenvalue weighted by Gasteiger charge is 2.29. The number of amides is 2. The second kappa shape index (κ2) is 5.53. The summed E-state index contributed by atoms with van der Waals surface area (Å²) in [6.07, 6.45) is 2.33. The Balaban J connectivity index is 1.75. The van der Waals surface area contributed by atoms with Gasteiger partial charge in [-0.3, -0.25) is 5.32 Å². The minimum absolute atomic E-state index is 0.388. The first-order chi connectivity index (χ1) is 10.1. The van der Waals surface area contributed by atoms with Crippen LogP contribution in [0.15, 0.2) is 30.5 Å². The van der Waals surface area contributed by atoms with Crippen molar-refractivity contribution in [2.75, 3.05) is 5.32 Å². The largest absolute Gasteiger partial charge is 0.391 e. The van der Waals surface area contributed by atoms with Gasteiger partial charge in [-0.1, -0.05) is 29.5 Å². The molecule has 1 heterocycles. The lowest BCUT2D eigenvalue weighted by Crippen LogP contribution is -2.41. The van der Waals surface area contributed by atoms with Crippen LogP contribution in [0.25, 0.3) is 0 Å². The van der Waals surface area contributed by atoms with E-state index in [1.165, 1.54) is 10.9 Å². The predicted molar refractivity (Wildman–Crippen MR) is 76.7 cm³/mol. The van der Waals surface area contributed by atoms with Crippen molar-refractivity contribution in [2.45, 2.75) is 25.0 Å². The van der Waals surface area contributed by atoms with Gasteiger partial charge in [0.25, 0.3) is 0 Å². The molecule has 110 valence electrons. The normalized spacial score (nSPS) is 20.7. The molecule has 0 unspecified atom stereocenters. The maximum absolute atomic E-state index is 12.1. The van der Waals surface area contributed by atoms with Crippen molar-refractivity contribution in [1.29, 1.82) is 0 Å². The van der Waals surface area contributed by atoms with Gasteiger partial charge in [-0.15, -0.1) is 5.10 Å². The highest BCUT2D eigenvalue weighted by atomic mass is 16.3. The number of nitrogens with zero attached hydrogens (tertiary/aromatic N) is 3. The Morgan fingerprint density at radius 1 is 1.43 bits per heavy atom. The number of aliphatic hydroxyl groups is 1. The topological polar surface area (TPSA) is 92.1 Å². The van der Waals surface area contributed by atoms with Gasteiger partial charge in [0.2, 0.25) is 0 Å². The fraction of sp³-hybridized carbons (Fsp3) is 0.357. The number of hydrogen-bond donors (Lipinski definition) is 3. The summed E-state index contributed by atoms with van der Waals surface area (Å²) in [6.45, 7) is 0. The first-order valence-electron chi connectivity index (χ1n) is 6.83. The van der Waals surface area contributed by atoms with Gasteiger partial charge in [0.15, 0.2) is 5.82 Å². The Morgan fingerprint density at radius 2 is 2.24 bits per heavy atom. The zero-order chi connectivity index (χ0) is 14.8. The van der Waals surface area contributed by atoms with Gasteiger partial charge in [-0.05, 0) is 24.0 Å². The van der Waals surface area contributed by atoms with E-state index in [2.05, 4.69) is 20.9 Å².